The maximum atomic E-state index is 4.68. The number of imidazole rings is 2. The van der Waals surface area contributed by atoms with E-state index in [1.807, 2.05) is 60.7 Å². The van der Waals surface area contributed by atoms with Gasteiger partial charge in [0.05, 0.1) is 27.8 Å². The SMILES string of the molecule is C1=CC(c2nc3ccccc3[nH]2)NC(c2nc3ccccc3[nH]2)=C1. The first-order chi connectivity index (χ1) is 11.9. The van der Waals surface area contributed by atoms with Gasteiger partial charge in [0.15, 0.2) is 5.82 Å². The number of rotatable bonds is 2. The van der Waals surface area contributed by atoms with Crippen LogP contribution in [0.15, 0.2) is 66.8 Å². The van der Waals surface area contributed by atoms with Gasteiger partial charge in [0.1, 0.15) is 11.9 Å². The molecule has 1 atom stereocenters. The minimum atomic E-state index is -0.00869. The quantitative estimate of drug-likeness (QED) is 0.529. The molecule has 0 amide bonds. The largest absolute Gasteiger partial charge is 0.369 e. The fourth-order valence-corrected chi connectivity index (χ4v) is 3.03. The fraction of sp³-hybridized carbons (Fsp3) is 0.0526. The molecule has 0 saturated heterocycles. The van der Waals surface area contributed by atoms with Crippen molar-refractivity contribution >= 4 is 27.8 Å². The summed E-state index contributed by atoms with van der Waals surface area (Å²) in [5, 5.41) is 3.49. The summed E-state index contributed by atoms with van der Waals surface area (Å²) < 4.78 is 0. The van der Waals surface area contributed by atoms with Gasteiger partial charge in [-0.05, 0) is 30.3 Å². The molecule has 5 nitrogen and oxygen atoms in total. The first kappa shape index (κ1) is 13.1. The Bertz CT molecular complexity index is 1030. The summed E-state index contributed by atoms with van der Waals surface area (Å²) in [4.78, 5) is 16.1. The van der Waals surface area contributed by atoms with E-state index < -0.39 is 0 Å². The van der Waals surface area contributed by atoms with Gasteiger partial charge in [-0.3, -0.25) is 0 Å². The first-order valence-corrected chi connectivity index (χ1v) is 7.92. The van der Waals surface area contributed by atoms with Crippen LogP contribution in [-0.2, 0) is 0 Å². The van der Waals surface area contributed by atoms with Crippen LogP contribution in [0.5, 0.6) is 0 Å². The number of nitrogens with one attached hydrogen (secondary N) is 3. The van der Waals surface area contributed by atoms with Crippen molar-refractivity contribution in [2.24, 2.45) is 0 Å². The maximum absolute atomic E-state index is 4.68. The second-order valence-corrected chi connectivity index (χ2v) is 5.83. The van der Waals surface area contributed by atoms with Gasteiger partial charge < -0.3 is 15.3 Å². The summed E-state index contributed by atoms with van der Waals surface area (Å²) in [7, 11) is 0. The first-order valence-electron chi connectivity index (χ1n) is 7.92. The number of nitrogens with zero attached hydrogens (tertiary/aromatic N) is 2. The Labute approximate surface area is 138 Å². The van der Waals surface area contributed by atoms with Gasteiger partial charge in [-0.2, -0.15) is 0 Å². The molecule has 1 aliphatic heterocycles. The van der Waals surface area contributed by atoms with Crippen LogP contribution < -0.4 is 5.32 Å². The molecule has 3 heterocycles. The van der Waals surface area contributed by atoms with E-state index in [0.717, 1.165) is 39.4 Å². The van der Waals surface area contributed by atoms with Crippen molar-refractivity contribution in [3.05, 3.63) is 78.4 Å². The van der Waals surface area contributed by atoms with Gasteiger partial charge in [0, 0.05) is 0 Å². The van der Waals surface area contributed by atoms with Crippen molar-refractivity contribution in [1.82, 2.24) is 25.3 Å². The summed E-state index contributed by atoms with van der Waals surface area (Å²) in [6.07, 6.45) is 6.15. The Hall–Kier alpha value is -3.34. The lowest BCUT2D eigenvalue weighted by Crippen LogP contribution is -2.22. The monoisotopic (exact) mass is 313 g/mol. The van der Waals surface area contributed by atoms with Crippen LogP contribution in [0.2, 0.25) is 0 Å². The van der Waals surface area contributed by atoms with Crippen molar-refractivity contribution < 1.29 is 0 Å². The van der Waals surface area contributed by atoms with Crippen LogP contribution in [0.1, 0.15) is 17.7 Å². The topological polar surface area (TPSA) is 69.4 Å². The number of benzene rings is 2. The second-order valence-electron chi connectivity index (χ2n) is 5.83. The number of para-hydroxylation sites is 4. The van der Waals surface area contributed by atoms with Crippen molar-refractivity contribution in [3.63, 3.8) is 0 Å². The number of hydrogen-bond donors (Lipinski definition) is 3. The zero-order chi connectivity index (χ0) is 15.9. The minimum Gasteiger partial charge on any atom is -0.369 e. The van der Waals surface area contributed by atoms with Gasteiger partial charge in [-0.1, -0.05) is 36.4 Å². The van der Waals surface area contributed by atoms with Crippen LogP contribution in [0.25, 0.3) is 27.8 Å². The molecule has 1 unspecified atom stereocenters. The molecular weight excluding hydrogens is 298 g/mol. The van der Waals surface area contributed by atoms with Crippen LogP contribution in [0.4, 0.5) is 0 Å². The zero-order valence-corrected chi connectivity index (χ0v) is 12.8. The average molecular weight is 313 g/mol. The lowest BCUT2D eigenvalue weighted by molar-refractivity contribution is 0.715. The molecule has 24 heavy (non-hydrogen) atoms. The normalized spacial score (nSPS) is 17.2. The highest BCUT2D eigenvalue weighted by Crippen LogP contribution is 2.24. The predicted molar refractivity (Wildman–Crippen MR) is 95.2 cm³/mol. The Morgan fingerprint density at radius 2 is 1.50 bits per heavy atom. The summed E-state index contributed by atoms with van der Waals surface area (Å²) in [6, 6.07) is 16.1. The highest BCUT2D eigenvalue weighted by Gasteiger charge is 2.18. The van der Waals surface area contributed by atoms with E-state index in [0.29, 0.717) is 0 Å². The number of H-pyrrole nitrogens is 2. The van der Waals surface area contributed by atoms with Crippen molar-refractivity contribution in [1.29, 1.82) is 0 Å². The molecule has 4 aromatic rings. The molecule has 5 heteroatoms. The Balaban J connectivity index is 1.49. The number of hydrogen-bond acceptors (Lipinski definition) is 3. The third-order valence-electron chi connectivity index (χ3n) is 4.22. The molecule has 0 radical (unpaired) electrons. The van der Waals surface area contributed by atoms with E-state index in [-0.39, 0.29) is 6.04 Å². The highest BCUT2D eigenvalue weighted by molar-refractivity contribution is 5.79. The smallest absolute Gasteiger partial charge is 0.154 e. The molecule has 116 valence electrons. The van der Waals surface area contributed by atoms with E-state index in [9.17, 15) is 0 Å². The third-order valence-corrected chi connectivity index (χ3v) is 4.22. The fourth-order valence-electron chi connectivity index (χ4n) is 3.03. The van der Waals surface area contributed by atoms with E-state index in [1.54, 1.807) is 0 Å². The van der Waals surface area contributed by atoms with Crippen molar-refractivity contribution in [2.45, 2.75) is 6.04 Å². The molecule has 0 aliphatic carbocycles. The van der Waals surface area contributed by atoms with E-state index >= 15 is 0 Å². The van der Waals surface area contributed by atoms with Gasteiger partial charge in [0.25, 0.3) is 0 Å². The highest BCUT2D eigenvalue weighted by atomic mass is 15.1. The lowest BCUT2D eigenvalue weighted by Gasteiger charge is -2.18. The number of dihydropyridines is 1. The van der Waals surface area contributed by atoms with Crippen LogP contribution in [0.3, 0.4) is 0 Å². The predicted octanol–water partition coefficient (Wildman–Crippen LogP) is 3.68. The van der Waals surface area contributed by atoms with Gasteiger partial charge in [-0.15, -0.1) is 0 Å². The van der Waals surface area contributed by atoms with Crippen molar-refractivity contribution in [2.75, 3.05) is 0 Å². The molecular formula is C19H15N5. The molecule has 0 spiro atoms. The van der Waals surface area contributed by atoms with Crippen LogP contribution >= 0.6 is 0 Å². The van der Waals surface area contributed by atoms with Crippen LogP contribution in [-0.4, -0.2) is 19.9 Å². The summed E-state index contributed by atoms with van der Waals surface area (Å²) >= 11 is 0. The summed E-state index contributed by atoms with van der Waals surface area (Å²) in [5.74, 6) is 1.73. The molecule has 0 saturated carbocycles. The van der Waals surface area contributed by atoms with Gasteiger partial charge >= 0.3 is 0 Å². The molecule has 0 fully saturated rings. The summed E-state index contributed by atoms with van der Waals surface area (Å²) in [5.41, 5.74) is 4.97. The van der Waals surface area contributed by atoms with E-state index in [4.69, 9.17) is 0 Å². The molecule has 2 aromatic carbocycles. The van der Waals surface area contributed by atoms with Crippen LogP contribution in [0, 0.1) is 0 Å². The Morgan fingerprint density at radius 3 is 2.25 bits per heavy atom. The Morgan fingerprint density at radius 1 is 0.792 bits per heavy atom. The maximum Gasteiger partial charge on any atom is 0.154 e. The lowest BCUT2D eigenvalue weighted by atomic mass is 10.1. The Kier molecular flexibility index (Phi) is 2.79. The number of fused-ring (bicyclic) bond motifs is 2. The summed E-state index contributed by atoms with van der Waals surface area (Å²) in [6.45, 7) is 0. The molecule has 0 bridgehead atoms. The third kappa shape index (κ3) is 2.10. The molecule has 2 aromatic heterocycles. The number of allylic oxidation sites excluding steroid dienone is 2. The minimum absolute atomic E-state index is 0.00869. The van der Waals surface area contributed by atoms with Gasteiger partial charge in [0.2, 0.25) is 0 Å². The van der Waals surface area contributed by atoms with E-state index in [1.165, 1.54) is 0 Å². The van der Waals surface area contributed by atoms with E-state index in [2.05, 4.69) is 31.3 Å². The second kappa shape index (κ2) is 5.09. The molecule has 1 aliphatic rings. The van der Waals surface area contributed by atoms with Crippen molar-refractivity contribution in [3.8, 4) is 0 Å². The zero-order valence-electron chi connectivity index (χ0n) is 12.8. The molecule has 5 rings (SSSR count). The molecule has 3 N–H and O–H groups in total. The average Bonchev–Trinajstić information content (AvgIpc) is 3.26. The number of aromatic nitrogens is 4. The number of aromatic amines is 2. The van der Waals surface area contributed by atoms with Gasteiger partial charge in [-0.25, -0.2) is 9.97 Å². The standard InChI is InChI=1S/C19H15N5/c1-2-7-13-12(6-1)21-18(22-13)16-10-5-11-17(20-16)19-23-14-8-3-4-9-15(14)24-19/h1-11,16,20H,(H,21,22)(H,23,24).